The standard InChI is InChI=1S/C11H19NO/c1-9(2)10-7-11(8-10)12-3-5-13-6-4-12/h10-11H,1,3-8H2,2H3. The zero-order chi connectivity index (χ0) is 9.26. The molecule has 0 atom stereocenters. The quantitative estimate of drug-likeness (QED) is 0.601. The highest BCUT2D eigenvalue weighted by atomic mass is 16.5. The van der Waals surface area contributed by atoms with E-state index in [1.807, 2.05) is 0 Å². The molecular formula is C11H19NO. The van der Waals surface area contributed by atoms with Crippen LogP contribution < -0.4 is 0 Å². The minimum atomic E-state index is 0.799. The van der Waals surface area contributed by atoms with Gasteiger partial charge in [0.05, 0.1) is 13.2 Å². The molecule has 0 aromatic heterocycles. The molecule has 0 spiro atoms. The smallest absolute Gasteiger partial charge is 0.0594 e. The van der Waals surface area contributed by atoms with Gasteiger partial charge in [-0.3, -0.25) is 4.90 Å². The van der Waals surface area contributed by atoms with E-state index in [9.17, 15) is 0 Å². The highest BCUT2D eigenvalue weighted by molar-refractivity contribution is 5.05. The van der Waals surface area contributed by atoms with Gasteiger partial charge in [0.2, 0.25) is 0 Å². The molecule has 1 saturated carbocycles. The van der Waals surface area contributed by atoms with Crippen molar-refractivity contribution in [2.24, 2.45) is 5.92 Å². The molecule has 2 heteroatoms. The highest BCUT2D eigenvalue weighted by Crippen LogP contribution is 2.36. The average molecular weight is 181 g/mol. The second-order valence-electron chi connectivity index (χ2n) is 4.32. The Morgan fingerprint density at radius 2 is 1.92 bits per heavy atom. The van der Waals surface area contributed by atoms with Crippen molar-refractivity contribution in [2.75, 3.05) is 26.3 Å². The highest BCUT2D eigenvalue weighted by Gasteiger charge is 2.34. The summed E-state index contributed by atoms with van der Waals surface area (Å²) >= 11 is 0. The van der Waals surface area contributed by atoms with Gasteiger partial charge in [-0.2, -0.15) is 0 Å². The van der Waals surface area contributed by atoms with Crippen LogP contribution in [0, 0.1) is 5.92 Å². The van der Waals surface area contributed by atoms with E-state index in [0.29, 0.717) is 0 Å². The fourth-order valence-electron chi connectivity index (χ4n) is 2.23. The van der Waals surface area contributed by atoms with Gasteiger partial charge in [-0.1, -0.05) is 12.2 Å². The van der Waals surface area contributed by atoms with Crippen LogP contribution >= 0.6 is 0 Å². The van der Waals surface area contributed by atoms with Crippen LogP contribution in [-0.2, 0) is 4.74 Å². The number of nitrogens with zero attached hydrogens (tertiary/aromatic N) is 1. The first-order valence-electron chi connectivity index (χ1n) is 5.24. The van der Waals surface area contributed by atoms with Crippen LogP contribution in [0.2, 0.25) is 0 Å². The van der Waals surface area contributed by atoms with Gasteiger partial charge < -0.3 is 4.74 Å². The Bertz CT molecular complexity index is 190. The maximum Gasteiger partial charge on any atom is 0.0594 e. The van der Waals surface area contributed by atoms with Gasteiger partial charge in [0.15, 0.2) is 0 Å². The zero-order valence-electron chi connectivity index (χ0n) is 8.46. The SMILES string of the molecule is C=C(C)C1CC(N2CCOCC2)C1. The Morgan fingerprint density at radius 1 is 1.31 bits per heavy atom. The van der Waals surface area contributed by atoms with Crippen molar-refractivity contribution in [3.63, 3.8) is 0 Å². The number of rotatable bonds is 2. The topological polar surface area (TPSA) is 12.5 Å². The summed E-state index contributed by atoms with van der Waals surface area (Å²) in [7, 11) is 0. The van der Waals surface area contributed by atoms with E-state index >= 15 is 0 Å². The predicted octanol–water partition coefficient (Wildman–Crippen LogP) is 1.67. The van der Waals surface area contributed by atoms with Gasteiger partial charge >= 0.3 is 0 Å². The summed E-state index contributed by atoms with van der Waals surface area (Å²) in [6.07, 6.45) is 2.66. The van der Waals surface area contributed by atoms with Gasteiger partial charge in [0, 0.05) is 19.1 Å². The molecule has 0 aromatic carbocycles. The summed E-state index contributed by atoms with van der Waals surface area (Å²) in [5, 5.41) is 0. The maximum atomic E-state index is 5.33. The van der Waals surface area contributed by atoms with E-state index in [-0.39, 0.29) is 0 Å². The Morgan fingerprint density at radius 3 is 2.46 bits per heavy atom. The fraction of sp³-hybridized carbons (Fsp3) is 0.818. The van der Waals surface area contributed by atoms with Gasteiger partial charge in [-0.05, 0) is 25.7 Å². The van der Waals surface area contributed by atoms with E-state index < -0.39 is 0 Å². The molecule has 1 saturated heterocycles. The van der Waals surface area contributed by atoms with Crippen molar-refractivity contribution in [2.45, 2.75) is 25.8 Å². The second-order valence-corrected chi connectivity index (χ2v) is 4.32. The molecule has 2 nitrogen and oxygen atoms in total. The van der Waals surface area contributed by atoms with Gasteiger partial charge in [-0.25, -0.2) is 0 Å². The summed E-state index contributed by atoms with van der Waals surface area (Å²) in [5.41, 5.74) is 1.37. The Balaban J connectivity index is 1.75. The third-order valence-corrected chi connectivity index (χ3v) is 3.37. The molecule has 1 heterocycles. The maximum absolute atomic E-state index is 5.33. The second kappa shape index (κ2) is 3.81. The number of ether oxygens (including phenoxy) is 1. The molecule has 13 heavy (non-hydrogen) atoms. The lowest BCUT2D eigenvalue weighted by Crippen LogP contribution is -2.49. The molecule has 0 radical (unpaired) electrons. The third kappa shape index (κ3) is 1.94. The van der Waals surface area contributed by atoms with Crippen LogP contribution in [0.25, 0.3) is 0 Å². The lowest BCUT2D eigenvalue weighted by molar-refractivity contribution is -0.0119. The lowest BCUT2D eigenvalue weighted by Gasteiger charge is -2.44. The van der Waals surface area contributed by atoms with Crippen molar-refractivity contribution in [1.82, 2.24) is 4.90 Å². The van der Waals surface area contributed by atoms with Crippen LogP contribution in [0.5, 0.6) is 0 Å². The van der Waals surface area contributed by atoms with E-state index in [0.717, 1.165) is 38.3 Å². The molecule has 1 aliphatic carbocycles. The molecule has 0 amide bonds. The summed E-state index contributed by atoms with van der Waals surface area (Å²) in [4.78, 5) is 2.57. The average Bonchev–Trinajstić information content (AvgIpc) is 2.02. The minimum Gasteiger partial charge on any atom is -0.379 e. The fourth-order valence-corrected chi connectivity index (χ4v) is 2.23. The van der Waals surface area contributed by atoms with Crippen LogP contribution in [-0.4, -0.2) is 37.2 Å². The lowest BCUT2D eigenvalue weighted by atomic mass is 9.75. The Labute approximate surface area is 80.6 Å². The van der Waals surface area contributed by atoms with E-state index in [1.165, 1.54) is 18.4 Å². The molecule has 0 bridgehead atoms. The van der Waals surface area contributed by atoms with Crippen LogP contribution in [0.4, 0.5) is 0 Å². The van der Waals surface area contributed by atoms with Crippen molar-refractivity contribution in [1.29, 1.82) is 0 Å². The number of morpholine rings is 1. The molecule has 2 rings (SSSR count). The number of hydrogen-bond acceptors (Lipinski definition) is 2. The van der Waals surface area contributed by atoms with E-state index in [2.05, 4.69) is 18.4 Å². The van der Waals surface area contributed by atoms with Crippen molar-refractivity contribution in [3.05, 3.63) is 12.2 Å². The molecule has 0 N–H and O–H groups in total. The first kappa shape index (κ1) is 9.22. The zero-order valence-corrected chi connectivity index (χ0v) is 8.46. The number of hydrogen-bond donors (Lipinski definition) is 0. The third-order valence-electron chi connectivity index (χ3n) is 3.37. The molecule has 0 unspecified atom stereocenters. The predicted molar refractivity (Wildman–Crippen MR) is 53.7 cm³/mol. The number of allylic oxidation sites excluding steroid dienone is 1. The molecular weight excluding hydrogens is 162 g/mol. The van der Waals surface area contributed by atoms with E-state index in [1.54, 1.807) is 0 Å². The van der Waals surface area contributed by atoms with Crippen LogP contribution in [0.15, 0.2) is 12.2 Å². The summed E-state index contributed by atoms with van der Waals surface area (Å²) in [6.45, 7) is 10.3. The molecule has 74 valence electrons. The first-order valence-corrected chi connectivity index (χ1v) is 5.24. The molecule has 1 aliphatic heterocycles. The Kier molecular flexibility index (Phi) is 2.70. The summed E-state index contributed by atoms with van der Waals surface area (Å²) in [6, 6.07) is 0.825. The minimum absolute atomic E-state index is 0.799. The van der Waals surface area contributed by atoms with Gasteiger partial charge in [-0.15, -0.1) is 0 Å². The molecule has 2 fully saturated rings. The normalized spacial score (nSPS) is 35.5. The Hall–Kier alpha value is -0.340. The molecule has 2 aliphatic rings. The largest absolute Gasteiger partial charge is 0.379 e. The van der Waals surface area contributed by atoms with Crippen molar-refractivity contribution < 1.29 is 4.74 Å². The summed E-state index contributed by atoms with van der Waals surface area (Å²) < 4.78 is 5.33. The van der Waals surface area contributed by atoms with Crippen molar-refractivity contribution >= 4 is 0 Å². The first-order chi connectivity index (χ1) is 6.27. The van der Waals surface area contributed by atoms with Crippen LogP contribution in [0.3, 0.4) is 0 Å². The van der Waals surface area contributed by atoms with Crippen LogP contribution in [0.1, 0.15) is 19.8 Å². The molecule has 0 aromatic rings. The van der Waals surface area contributed by atoms with E-state index in [4.69, 9.17) is 4.74 Å². The summed E-state index contributed by atoms with van der Waals surface area (Å²) in [5.74, 6) is 0.799. The van der Waals surface area contributed by atoms with Gasteiger partial charge in [0.1, 0.15) is 0 Å². The monoisotopic (exact) mass is 181 g/mol. The van der Waals surface area contributed by atoms with Gasteiger partial charge in [0.25, 0.3) is 0 Å². The van der Waals surface area contributed by atoms with Crippen molar-refractivity contribution in [3.8, 4) is 0 Å².